The van der Waals surface area contributed by atoms with Crippen LogP contribution >= 0.6 is 0 Å². The number of carboxylic acid groups (broad SMARTS) is 1. The van der Waals surface area contributed by atoms with Gasteiger partial charge in [-0.1, -0.05) is 6.07 Å². The molecule has 0 atom stereocenters. The number of nitrogen functional groups attached to an aromatic ring is 1. The number of nitrogens with one attached hydrogen (secondary N) is 1. The zero-order valence-corrected chi connectivity index (χ0v) is 16.3. The molecule has 0 radical (unpaired) electrons. The molecule has 10 nitrogen and oxygen atoms in total. The number of likely N-dealkylation sites (tertiary alicyclic amines) is 1. The summed E-state index contributed by atoms with van der Waals surface area (Å²) in [4.78, 5) is 21.9. The summed E-state index contributed by atoms with van der Waals surface area (Å²) in [6, 6.07) is 5.38. The maximum Gasteiger partial charge on any atom is 0.409 e. The van der Waals surface area contributed by atoms with Gasteiger partial charge in [0, 0.05) is 5.56 Å². The number of hydrogen-bond acceptors (Lipinski definition) is 7. The molecule has 1 aliphatic heterocycles. The zero-order valence-electron chi connectivity index (χ0n) is 16.3. The van der Waals surface area contributed by atoms with Gasteiger partial charge >= 0.3 is 6.09 Å². The molecule has 10 heteroatoms. The largest absolute Gasteiger partial charge is 0.495 e. The highest BCUT2D eigenvalue weighted by Gasteiger charge is 2.25. The smallest absolute Gasteiger partial charge is 0.409 e. The van der Waals surface area contributed by atoms with Gasteiger partial charge < -0.3 is 20.5 Å². The van der Waals surface area contributed by atoms with Gasteiger partial charge in [0.2, 0.25) is 0 Å². The first-order valence-electron chi connectivity index (χ1n) is 9.33. The molecule has 4 N–H and O–H groups in total. The number of anilines is 2. The van der Waals surface area contributed by atoms with Gasteiger partial charge in [-0.2, -0.15) is 5.10 Å². The molecule has 29 heavy (non-hydrogen) atoms. The summed E-state index contributed by atoms with van der Waals surface area (Å²) in [7, 11) is 3.60. The summed E-state index contributed by atoms with van der Waals surface area (Å²) in [5.41, 5.74) is 8.64. The molecule has 1 amide bonds. The van der Waals surface area contributed by atoms with E-state index in [0.717, 1.165) is 31.5 Å². The number of nitrogens with two attached hydrogens (primary N) is 1. The van der Waals surface area contributed by atoms with Crippen LogP contribution in [0.3, 0.4) is 0 Å². The number of rotatable bonds is 4. The van der Waals surface area contributed by atoms with Crippen molar-refractivity contribution < 1.29 is 14.6 Å². The van der Waals surface area contributed by atoms with Gasteiger partial charge in [0.15, 0.2) is 5.65 Å². The van der Waals surface area contributed by atoms with E-state index in [1.54, 1.807) is 18.2 Å². The molecule has 0 unspecified atom stereocenters. The summed E-state index contributed by atoms with van der Waals surface area (Å²) in [6.07, 6.45) is 2.24. The van der Waals surface area contributed by atoms with Crippen molar-refractivity contribution in [1.29, 1.82) is 0 Å². The number of fused-ring (bicyclic) bond motifs is 1. The average molecular weight is 397 g/mol. The van der Waals surface area contributed by atoms with Crippen molar-refractivity contribution in [2.45, 2.75) is 18.9 Å². The summed E-state index contributed by atoms with van der Waals surface area (Å²) >= 11 is 0. The van der Waals surface area contributed by atoms with Gasteiger partial charge in [0.25, 0.3) is 0 Å². The Labute approximate surface area is 167 Å². The third-order valence-electron chi connectivity index (χ3n) is 5.27. The van der Waals surface area contributed by atoms with E-state index in [9.17, 15) is 4.79 Å². The van der Waals surface area contributed by atoms with E-state index in [4.69, 9.17) is 20.7 Å². The molecule has 0 saturated carbocycles. The van der Waals surface area contributed by atoms with Crippen molar-refractivity contribution >= 4 is 28.6 Å². The molecule has 4 rings (SSSR count). The van der Waals surface area contributed by atoms with Crippen LogP contribution < -0.4 is 15.8 Å². The molecule has 1 aliphatic rings. The third-order valence-corrected chi connectivity index (χ3v) is 5.27. The second-order valence-electron chi connectivity index (χ2n) is 7.13. The predicted octanol–water partition coefficient (Wildman–Crippen LogP) is 2.44. The Hall–Kier alpha value is -3.40. The van der Waals surface area contributed by atoms with Crippen LogP contribution in [0.5, 0.6) is 5.75 Å². The lowest BCUT2D eigenvalue weighted by atomic mass is 10.1. The number of amides is 1. The van der Waals surface area contributed by atoms with Crippen molar-refractivity contribution in [2.24, 2.45) is 0 Å². The number of nitrogens with zero attached hydrogens (tertiary/aromatic N) is 5. The highest BCUT2D eigenvalue weighted by atomic mass is 16.5. The van der Waals surface area contributed by atoms with E-state index >= 15 is 0 Å². The van der Waals surface area contributed by atoms with E-state index < -0.39 is 6.09 Å². The lowest BCUT2D eigenvalue weighted by molar-refractivity contribution is 0.209. The van der Waals surface area contributed by atoms with E-state index in [1.165, 1.54) is 13.4 Å². The van der Waals surface area contributed by atoms with Crippen molar-refractivity contribution in [1.82, 2.24) is 24.6 Å². The Kier molecular flexibility index (Phi) is 4.93. The van der Waals surface area contributed by atoms with Crippen LogP contribution in [-0.2, 0) is 0 Å². The first kappa shape index (κ1) is 18.9. The maximum atomic E-state index is 11.0. The number of piperidine rings is 1. The quantitative estimate of drug-likeness (QED) is 0.612. The molecular formula is C19H23N7O3. The van der Waals surface area contributed by atoms with Gasteiger partial charge in [-0.25, -0.2) is 19.4 Å². The minimum absolute atomic E-state index is 0.228. The van der Waals surface area contributed by atoms with Crippen molar-refractivity contribution in [3.05, 3.63) is 24.5 Å². The Morgan fingerprint density at radius 2 is 2.07 bits per heavy atom. The molecule has 0 bridgehead atoms. The fourth-order valence-electron chi connectivity index (χ4n) is 3.75. The van der Waals surface area contributed by atoms with Gasteiger partial charge in [-0.3, -0.25) is 5.32 Å². The lowest BCUT2D eigenvalue weighted by Gasteiger charge is -2.29. The fraction of sp³-hybridized carbons (Fsp3) is 0.368. The summed E-state index contributed by atoms with van der Waals surface area (Å²) in [5, 5.41) is 16.9. The zero-order chi connectivity index (χ0) is 20.5. The van der Waals surface area contributed by atoms with E-state index in [2.05, 4.69) is 27.2 Å². The highest BCUT2D eigenvalue weighted by molar-refractivity contribution is 5.99. The topological polar surface area (TPSA) is 131 Å². The number of benzene rings is 1. The standard InChI is InChI=1S/C19H23N7O3/c1-25-7-5-12(6-8-25)26-18-15(17(20)21-10-22-18)16(24-26)11-3-4-13(23-19(27)28)14(9-11)29-2/h3-4,9-10,12,23H,5-8H2,1-2H3,(H,27,28)(H2,20,21,22). The molecular weight excluding hydrogens is 374 g/mol. The first-order chi connectivity index (χ1) is 14.0. The molecule has 2 aromatic heterocycles. The molecule has 0 spiro atoms. The van der Waals surface area contributed by atoms with Crippen LogP contribution in [0.2, 0.25) is 0 Å². The Balaban J connectivity index is 1.83. The highest BCUT2D eigenvalue weighted by Crippen LogP contribution is 2.37. The van der Waals surface area contributed by atoms with E-state index in [1.807, 2.05) is 4.68 Å². The summed E-state index contributed by atoms with van der Waals surface area (Å²) < 4.78 is 7.31. The van der Waals surface area contributed by atoms with Gasteiger partial charge in [-0.15, -0.1) is 0 Å². The van der Waals surface area contributed by atoms with Crippen LogP contribution in [0.25, 0.3) is 22.3 Å². The van der Waals surface area contributed by atoms with E-state index in [-0.39, 0.29) is 6.04 Å². The number of aromatic nitrogens is 4. The SMILES string of the molecule is COc1cc(-c2nn(C3CCN(C)CC3)c3ncnc(N)c23)ccc1NC(=O)O. The Morgan fingerprint density at radius 1 is 1.31 bits per heavy atom. The molecule has 1 saturated heterocycles. The number of hydrogen-bond donors (Lipinski definition) is 3. The first-order valence-corrected chi connectivity index (χ1v) is 9.33. The Morgan fingerprint density at radius 3 is 2.76 bits per heavy atom. The number of ether oxygens (including phenoxy) is 1. The second kappa shape index (κ2) is 7.55. The number of methoxy groups -OCH3 is 1. The minimum atomic E-state index is -1.16. The van der Waals surface area contributed by atoms with Gasteiger partial charge in [-0.05, 0) is 45.1 Å². The molecule has 3 heterocycles. The predicted molar refractivity (Wildman–Crippen MR) is 109 cm³/mol. The van der Waals surface area contributed by atoms with Crippen molar-refractivity contribution in [3.63, 3.8) is 0 Å². The van der Waals surface area contributed by atoms with Crippen LogP contribution in [-0.4, -0.2) is 63.1 Å². The van der Waals surface area contributed by atoms with Crippen LogP contribution in [0.4, 0.5) is 16.3 Å². The maximum absolute atomic E-state index is 11.0. The molecule has 1 aromatic carbocycles. The normalized spacial score (nSPS) is 15.5. The lowest BCUT2D eigenvalue weighted by Crippen LogP contribution is -2.31. The monoisotopic (exact) mass is 397 g/mol. The third kappa shape index (κ3) is 3.54. The van der Waals surface area contributed by atoms with Crippen LogP contribution in [0.15, 0.2) is 24.5 Å². The molecule has 1 fully saturated rings. The minimum Gasteiger partial charge on any atom is -0.495 e. The average Bonchev–Trinajstić information content (AvgIpc) is 3.09. The second-order valence-corrected chi connectivity index (χ2v) is 7.13. The summed E-state index contributed by atoms with van der Waals surface area (Å²) in [5.74, 6) is 0.748. The van der Waals surface area contributed by atoms with Gasteiger partial charge in [0.1, 0.15) is 23.6 Å². The van der Waals surface area contributed by atoms with E-state index in [0.29, 0.717) is 34.0 Å². The van der Waals surface area contributed by atoms with Crippen LogP contribution in [0.1, 0.15) is 18.9 Å². The molecule has 0 aliphatic carbocycles. The van der Waals surface area contributed by atoms with Crippen molar-refractivity contribution in [2.75, 3.05) is 38.3 Å². The van der Waals surface area contributed by atoms with Gasteiger partial charge in [0.05, 0.1) is 24.2 Å². The Bertz CT molecular complexity index is 1060. The number of carbonyl (C=O) groups is 1. The molecule has 152 valence electrons. The van der Waals surface area contributed by atoms with Crippen molar-refractivity contribution in [3.8, 4) is 17.0 Å². The van der Waals surface area contributed by atoms with Crippen LogP contribution in [0, 0.1) is 0 Å². The fourth-order valence-corrected chi connectivity index (χ4v) is 3.75. The summed E-state index contributed by atoms with van der Waals surface area (Å²) in [6.45, 7) is 1.98. The molecule has 3 aromatic rings.